The number of nitrogens with one attached hydrogen (secondary N) is 1. The SMILES string of the molecule is CC(=O)N1CCCc2ccc(NC(=O)c3ccccc3Br)cc21. The van der Waals surface area contributed by atoms with E-state index in [1.807, 2.05) is 36.4 Å². The van der Waals surface area contributed by atoms with Crippen molar-refractivity contribution < 1.29 is 9.59 Å². The van der Waals surface area contributed by atoms with Crippen LogP contribution in [-0.2, 0) is 11.2 Å². The number of amides is 2. The van der Waals surface area contributed by atoms with Crippen molar-refractivity contribution in [2.24, 2.45) is 0 Å². The molecule has 0 bridgehead atoms. The molecule has 0 spiro atoms. The Hall–Kier alpha value is -2.14. The van der Waals surface area contributed by atoms with Crippen molar-refractivity contribution in [3.8, 4) is 0 Å². The zero-order valence-electron chi connectivity index (χ0n) is 12.8. The van der Waals surface area contributed by atoms with Crippen LogP contribution in [0.4, 0.5) is 11.4 Å². The van der Waals surface area contributed by atoms with Gasteiger partial charge in [-0.05, 0) is 58.6 Å². The maximum Gasteiger partial charge on any atom is 0.256 e. The van der Waals surface area contributed by atoms with Gasteiger partial charge in [0, 0.05) is 29.3 Å². The van der Waals surface area contributed by atoms with Crippen LogP contribution in [-0.4, -0.2) is 18.4 Å². The number of hydrogen-bond donors (Lipinski definition) is 1. The number of hydrogen-bond acceptors (Lipinski definition) is 2. The summed E-state index contributed by atoms with van der Waals surface area (Å²) < 4.78 is 0.751. The van der Waals surface area contributed by atoms with Crippen LogP contribution >= 0.6 is 15.9 Å². The number of halogens is 1. The van der Waals surface area contributed by atoms with Crippen molar-refractivity contribution in [2.75, 3.05) is 16.8 Å². The lowest BCUT2D eigenvalue weighted by atomic mass is 10.0. The molecule has 2 amide bonds. The van der Waals surface area contributed by atoms with Crippen molar-refractivity contribution in [3.63, 3.8) is 0 Å². The zero-order chi connectivity index (χ0) is 16.4. The Balaban J connectivity index is 1.87. The van der Waals surface area contributed by atoms with Gasteiger partial charge in [0.1, 0.15) is 0 Å². The first-order valence-electron chi connectivity index (χ1n) is 7.53. The summed E-state index contributed by atoms with van der Waals surface area (Å²) in [5, 5.41) is 2.90. The Kier molecular flexibility index (Phi) is 4.48. The summed E-state index contributed by atoms with van der Waals surface area (Å²) in [6.45, 7) is 2.30. The van der Waals surface area contributed by atoms with E-state index in [4.69, 9.17) is 0 Å². The molecule has 0 saturated carbocycles. The van der Waals surface area contributed by atoms with Gasteiger partial charge in [-0.3, -0.25) is 9.59 Å². The molecule has 2 aromatic rings. The van der Waals surface area contributed by atoms with Crippen LogP contribution in [0.25, 0.3) is 0 Å². The van der Waals surface area contributed by atoms with Crippen molar-refractivity contribution in [1.29, 1.82) is 0 Å². The molecule has 3 rings (SSSR count). The van der Waals surface area contributed by atoms with E-state index < -0.39 is 0 Å². The van der Waals surface area contributed by atoms with Gasteiger partial charge < -0.3 is 10.2 Å². The Morgan fingerprint density at radius 2 is 1.96 bits per heavy atom. The summed E-state index contributed by atoms with van der Waals surface area (Å²) in [5.74, 6) is -0.150. The molecule has 23 heavy (non-hydrogen) atoms. The average molecular weight is 373 g/mol. The van der Waals surface area contributed by atoms with Gasteiger partial charge in [0.15, 0.2) is 0 Å². The van der Waals surface area contributed by atoms with E-state index in [1.54, 1.807) is 17.9 Å². The molecule has 0 saturated heterocycles. The van der Waals surface area contributed by atoms with Crippen molar-refractivity contribution in [2.45, 2.75) is 19.8 Å². The number of nitrogens with zero attached hydrogens (tertiary/aromatic N) is 1. The molecule has 1 heterocycles. The number of carbonyl (C=O) groups is 2. The summed E-state index contributed by atoms with van der Waals surface area (Å²) in [6.07, 6.45) is 1.92. The number of anilines is 2. The van der Waals surface area contributed by atoms with E-state index in [2.05, 4.69) is 21.2 Å². The summed E-state index contributed by atoms with van der Waals surface area (Å²) >= 11 is 3.39. The van der Waals surface area contributed by atoms with Gasteiger partial charge in [0.2, 0.25) is 5.91 Å². The third-order valence-electron chi connectivity index (χ3n) is 3.96. The Labute approximate surface area is 143 Å². The molecule has 4 nitrogen and oxygen atoms in total. The van der Waals surface area contributed by atoms with Crippen LogP contribution in [0.1, 0.15) is 29.3 Å². The highest BCUT2D eigenvalue weighted by atomic mass is 79.9. The van der Waals surface area contributed by atoms with E-state index >= 15 is 0 Å². The maximum atomic E-state index is 12.4. The second-order valence-electron chi connectivity index (χ2n) is 5.55. The first-order valence-corrected chi connectivity index (χ1v) is 8.32. The predicted octanol–water partition coefficient (Wildman–Crippen LogP) is 4.00. The molecular formula is C18H17BrN2O2. The normalized spacial score (nSPS) is 13.4. The molecular weight excluding hydrogens is 356 g/mol. The smallest absolute Gasteiger partial charge is 0.256 e. The quantitative estimate of drug-likeness (QED) is 0.865. The van der Waals surface area contributed by atoms with Crippen molar-refractivity contribution in [1.82, 2.24) is 0 Å². The monoisotopic (exact) mass is 372 g/mol. The molecule has 0 fully saturated rings. The fraction of sp³-hybridized carbons (Fsp3) is 0.222. The van der Waals surface area contributed by atoms with E-state index in [0.717, 1.165) is 35.1 Å². The third kappa shape index (κ3) is 3.29. The minimum Gasteiger partial charge on any atom is -0.322 e. The Morgan fingerprint density at radius 1 is 1.17 bits per heavy atom. The molecule has 0 atom stereocenters. The topological polar surface area (TPSA) is 49.4 Å². The van der Waals surface area contributed by atoms with Crippen LogP contribution in [0.2, 0.25) is 0 Å². The average Bonchev–Trinajstić information content (AvgIpc) is 2.54. The molecule has 2 aromatic carbocycles. The van der Waals surface area contributed by atoms with Crippen LogP contribution < -0.4 is 10.2 Å². The molecule has 1 N–H and O–H groups in total. The fourth-order valence-corrected chi connectivity index (χ4v) is 3.29. The second-order valence-corrected chi connectivity index (χ2v) is 6.41. The highest BCUT2D eigenvalue weighted by molar-refractivity contribution is 9.10. The molecule has 0 radical (unpaired) electrons. The Bertz CT molecular complexity index is 773. The molecule has 1 aliphatic rings. The third-order valence-corrected chi connectivity index (χ3v) is 4.65. The highest BCUT2D eigenvalue weighted by Gasteiger charge is 2.20. The van der Waals surface area contributed by atoms with Crippen molar-refractivity contribution >= 4 is 39.1 Å². The maximum absolute atomic E-state index is 12.4. The van der Waals surface area contributed by atoms with Gasteiger partial charge in [-0.15, -0.1) is 0 Å². The van der Waals surface area contributed by atoms with E-state index in [9.17, 15) is 9.59 Å². The number of aryl methyl sites for hydroxylation is 1. The number of carbonyl (C=O) groups excluding carboxylic acids is 2. The molecule has 0 aromatic heterocycles. The summed E-state index contributed by atoms with van der Waals surface area (Å²) in [6, 6.07) is 13.0. The zero-order valence-corrected chi connectivity index (χ0v) is 14.4. The van der Waals surface area contributed by atoms with Crippen LogP contribution in [0.5, 0.6) is 0 Å². The lowest BCUT2D eigenvalue weighted by Gasteiger charge is -2.29. The lowest BCUT2D eigenvalue weighted by Crippen LogP contribution is -2.33. The van der Waals surface area contributed by atoms with Crippen LogP contribution in [0.3, 0.4) is 0 Å². The summed E-state index contributed by atoms with van der Waals surface area (Å²) in [5.41, 5.74) is 3.31. The number of benzene rings is 2. The van der Waals surface area contributed by atoms with Gasteiger partial charge in [-0.25, -0.2) is 0 Å². The minimum atomic E-state index is -0.178. The first kappa shape index (κ1) is 15.7. The molecule has 118 valence electrons. The largest absolute Gasteiger partial charge is 0.322 e. The van der Waals surface area contributed by atoms with Crippen LogP contribution in [0.15, 0.2) is 46.9 Å². The van der Waals surface area contributed by atoms with Gasteiger partial charge in [-0.2, -0.15) is 0 Å². The summed E-state index contributed by atoms with van der Waals surface area (Å²) in [4.78, 5) is 26.0. The second kappa shape index (κ2) is 6.54. The minimum absolute atomic E-state index is 0.0280. The highest BCUT2D eigenvalue weighted by Crippen LogP contribution is 2.30. The predicted molar refractivity (Wildman–Crippen MR) is 94.9 cm³/mol. The van der Waals surface area contributed by atoms with E-state index in [0.29, 0.717) is 11.3 Å². The number of fused-ring (bicyclic) bond motifs is 1. The van der Waals surface area contributed by atoms with Gasteiger partial charge in [0.25, 0.3) is 5.91 Å². The van der Waals surface area contributed by atoms with Gasteiger partial charge in [-0.1, -0.05) is 18.2 Å². The van der Waals surface area contributed by atoms with Crippen LogP contribution in [0, 0.1) is 0 Å². The van der Waals surface area contributed by atoms with Gasteiger partial charge >= 0.3 is 0 Å². The molecule has 1 aliphatic heterocycles. The van der Waals surface area contributed by atoms with Crippen molar-refractivity contribution in [3.05, 3.63) is 58.1 Å². The number of rotatable bonds is 2. The summed E-state index contributed by atoms with van der Waals surface area (Å²) in [7, 11) is 0. The molecule has 0 unspecified atom stereocenters. The van der Waals surface area contributed by atoms with E-state index in [-0.39, 0.29) is 11.8 Å². The van der Waals surface area contributed by atoms with Gasteiger partial charge in [0.05, 0.1) is 5.56 Å². The fourth-order valence-electron chi connectivity index (χ4n) is 2.82. The first-order chi connectivity index (χ1) is 11.1. The molecule has 5 heteroatoms. The lowest BCUT2D eigenvalue weighted by molar-refractivity contribution is -0.116. The standard InChI is InChI=1S/C18H17BrN2O2/c1-12(22)21-10-4-5-13-8-9-14(11-17(13)21)20-18(23)15-6-2-3-7-16(15)19/h2-3,6-9,11H,4-5,10H2,1H3,(H,20,23). The molecule has 0 aliphatic carbocycles. The Morgan fingerprint density at radius 3 is 2.70 bits per heavy atom. The van der Waals surface area contributed by atoms with E-state index in [1.165, 1.54) is 0 Å².